The maximum Gasteiger partial charge on any atom is 0.122 e. The molecule has 2 aromatic rings. The lowest BCUT2D eigenvalue weighted by molar-refractivity contribution is 0.228. The summed E-state index contributed by atoms with van der Waals surface area (Å²) in [4.78, 5) is 1.85. The number of aliphatic hydroxyl groups excluding tert-OH is 1. The topological polar surface area (TPSA) is 20.2 Å². The molecule has 2 aromatic heterocycles. The largest absolute Gasteiger partial charge is 0.382 e. The van der Waals surface area contributed by atoms with E-state index in [1.165, 1.54) is 11.3 Å². The molecule has 13 heavy (non-hydrogen) atoms. The highest BCUT2D eigenvalue weighted by Crippen LogP contribution is 2.31. The van der Waals surface area contributed by atoms with Gasteiger partial charge in [0.2, 0.25) is 0 Å². The number of rotatable bonds is 2. The summed E-state index contributed by atoms with van der Waals surface area (Å²) >= 11 is 8.80. The van der Waals surface area contributed by atoms with Gasteiger partial charge < -0.3 is 5.11 Å². The maximum atomic E-state index is 9.86. The number of hydrogen-bond acceptors (Lipinski definition) is 3. The van der Waals surface area contributed by atoms with Gasteiger partial charge in [0.15, 0.2) is 0 Å². The molecule has 0 radical (unpaired) electrons. The second-order valence-electron chi connectivity index (χ2n) is 2.59. The van der Waals surface area contributed by atoms with Crippen LogP contribution >= 0.6 is 34.3 Å². The summed E-state index contributed by atoms with van der Waals surface area (Å²) in [7, 11) is 0. The fourth-order valence-corrected chi connectivity index (χ4v) is 2.94. The fraction of sp³-hybridized carbons (Fsp3) is 0.111. The van der Waals surface area contributed by atoms with Crippen LogP contribution < -0.4 is 0 Å². The van der Waals surface area contributed by atoms with Crippen LogP contribution in [0.1, 0.15) is 15.9 Å². The number of aliphatic hydroxyl groups is 1. The molecule has 0 saturated heterocycles. The molecule has 0 aliphatic carbocycles. The second-order valence-corrected chi connectivity index (χ2v) is 4.94. The van der Waals surface area contributed by atoms with Crippen molar-refractivity contribution in [2.24, 2.45) is 0 Å². The quantitative estimate of drug-likeness (QED) is 0.837. The normalized spacial score (nSPS) is 13.1. The SMILES string of the molecule is OC(c1cccs1)c1cc(Cl)cs1. The number of halogens is 1. The molecule has 0 amide bonds. The van der Waals surface area contributed by atoms with Crippen LogP contribution in [-0.4, -0.2) is 5.11 Å². The molecule has 0 bridgehead atoms. The Kier molecular flexibility index (Phi) is 2.69. The van der Waals surface area contributed by atoms with Gasteiger partial charge in [0, 0.05) is 15.1 Å². The molecule has 1 N–H and O–H groups in total. The van der Waals surface area contributed by atoms with Crippen molar-refractivity contribution in [2.75, 3.05) is 0 Å². The summed E-state index contributed by atoms with van der Waals surface area (Å²) in [5.74, 6) is 0. The molecule has 0 saturated carbocycles. The minimum atomic E-state index is -0.516. The Labute approximate surface area is 89.2 Å². The van der Waals surface area contributed by atoms with Gasteiger partial charge in [-0.1, -0.05) is 17.7 Å². The van der Waals surface area contributed by atoms with Crippen molar-refractivity contribution in [1.29, 1.82) is 0 Å². The van der Waals surface area contributed by atoms with Crippen LogP contribution in [-0.2, 0) is 0 Å². The molecule has 0 fully saturated rings. The smallest absolute Gasteiger partial charge is 0.122 e. The van der Waals surface area contributed by atoms with Crippen LogP contribution in [0, 0.1) is 0 Å². The van der Waals surface area contributed by atoms with E-state index in [1.807, 2.05) is 22.9 Å². The van der Waals surface area contributed by atoms with Gasteiger partial charge in [-0.2, -0.15) is 0 Å². The van der Waals surface area contributed by atoms with E-state index < -0.39 is 6.10 Å². The van der Waals surface area contributed by atoms with Gasteiger partial charge in [-0.15, -0.1) is 22.7 Å². The maximum absolute atomic E-state index is 9.86. The minimum absolute atomic E-state index is 0.516. The lowest BCUT2D eigenvalue weighted by Gasteiger charge is -2.03. The zero-order chi connectivity index (χ0) is 9.26. The average Bonchev–Trinajstić information content (AvgIpc) is 2.72. The van der Waals surface area contributed by atoms with E-state index in [0.717, 1.165) is 9.75 Å². The summed E-state index contributed by atoms with van der Waals surface area (Å²) < 4.78 is 0. The van der Waals surface area contributed by atoms with Crippen LogP contribution in [0.5, 0.6) is 0 Å². The van der Waals surface area contributed by atoms with Gasteiger partial charge in [0.05, 0.1) is 5.02 Å². The highest BCUT2D eigenvalue weighted by molar-refractivity contribution is 7.11. The van der Waals surface area contributed by atoms with Crippen molar-refractivity contribution in [3.63, 3.8) is 0 Å². The van der Waals surface area contributed by atoms with E-state index in [0.29, 0.717) is 5.02 Å². The fourth-order valence-electron chi connectivity index (χ4n) is 1.06. The molecule has 68 valence electrons. The second kappa shape index (κ2) is 3.80. The molecule has 2 heterocycles. The van der Waals surface area contributed by atoms with E-state index in [9.17, 15) is 5.11 Å². The van der Waals surface area contributed by atoms with Crippen molar-refractivity contribution in [2.45, 2.75) is 6.10 Å². The summed E-state index contributed by atoms with van der Waals surface area (Å²) in [6.07, 6.45) is -0.516. The molecule has 1 unspecified atom stereocenters. The van der Waals surface area contributed by atoms with Gasteiger partial charge in [-0.05, 0) is 17.5 Å². The Morgan fingerprint density at radius 3 is 2.69 bits per heavy atom. The zero-order valence-electron chi connectivity index (χ0n) is 6.61. The Morgan fingerprint density at radius 1 is 1.31 bits per heavy atom. The predicted molar refractivity (Wildman–Crippen MR) is 57.7 cm³/mol. The lowest BCUT2D eigenvalue weighted by atomic mass is 10.2. The van der Waals surface area contributed by atoms with E-state index in [2.05, 4.69) is 0 Å². The van der Waals surface area contributed by atoms with Crippen molar-refractivity contribution in [3.05, 3.63) is 43.7 Å². The molecule has 4 heteroatoms. The molecule has 0 aliphatic rings. The third-order valence-corrected chi connectivity index (χ3v) is 3.93. The third-order valence-electron chi connectivity index (χ3n) is 1.67. The monoisotopic (exact) mass is 230 g/mol. The first-order valence-corrected chi connectivity index (χ1v) is 5.86. The van der Waals surface area contributed by atoms with E-state index in [-0.39, 0.29) is 0 Å². The molecule has 1 atom stereocenters. The van der Waals surface area contributed by atoms with Gasteiger partial charge in [-0.25, -0.2) is 0 Å². The first-order chi connectivity index (χ1) is 6.27. The highest BCUT2D eigenvalue weighted by Gasteiger charge is 2.12. The summed E-state index contributed by atoms with van der Waals surface area (Å²) in [6, 6.07) is 5.65. The van der Waals surface area contributed by atoms with Crippen molar-refractivity contribution < 1.29 is 5.11 Å². The molecular weight excluding hydrogens is 224 g/mol. The van der Waals surface area contributed by atoms with Crippen LogP contribution in [0.4, 0.5) is 0 Å². The van der Waals surface area contributed by atoms with Crippen LogP contribution in [0.3, 0.4) is 0 Å². The van der Waals surface area contributed by atoms with Crippen molar-refractivity contribution in [3.8, 4) is 0 Å². The third kappa shape index (κ3) is 1.94. The molecule has 1 nitrogen and oxygen atoms in total. The van der Waals surface area contributed by atoms with E-state index >= 15 is 0 Å². The van der Waals surface area contributed by atoms with Gasteiger partial charge in [-0.3, -0.25) is 0 Å². The Morgan fingerprint density at radius 2 is 2.15 bits per heavy atom. The van der Waals surface area contributed by atoms with Gasteiger partial charge in [0.25, 0.3) is 0 Å². The first-order valence-electron chi connectivity index (χ1n) is 3.73. The van der Waals surface area contributed by atoms with Crippen LogP contribution in [0.2, 0.25) is 5.02 Å². The van der Waals surface area contributed by atoms with Crippen LogP contribution in [0.25, 0.3) is 0 Å². The molecule has 0 aromatic carbocycles. The first kappa shape index (κ1) is 9.21. The van der Waals surface area contributed by atoms with Gasteiger partial charge >= 0.3 is 0 Å². The summed E-state index contributed by atoms with van der Waals surface area (Å²) in [5, 5.41) is 14.3. The summed E-state index contributed by atoms with van der Waals surface area (Å²) in [6.45, 7) is 0. The lowest BCUT2D eigenvalue weighted by Crippen LogP contribution is -1.92. The standard InChI is InChI=1S/C9H7ClOS2/c10-6-4-8(13-5-6)9(11)7-2-1-3-12-7/h1-5,9,11H. The molecule has 2 rings (SSSR count). The van der Waals surface area contributed by atoms with Gasteiger partial charge in [0.1, 0.15) is 6.10 Å². The zero-order valence-corrected chi connectivity index (χ0v) is 8.99. The minimum Gasteiger partial charge on any atom is -0.382 e. The Bertz CT molecular complexity index is 380. The van der Waals surface area contributed by atoms with Crippen molar-refractivity contribution >= 4 is 34.3 Å². The number of hydrogen-bond donors (Lipinski definition) is 1. The van der Waals surface area contributed by atoms with Crippen LogP contribution in [0.15, 0.2) is 29.0 Å². The number of thiophene rings is 2. The highest BCUT2D eigenvalue weighted by atomic mass is 35.5. The van der Waals surface area contributed by atoms with Crippen molar-refractivity contribution in [1.82, 2.24) is 0 Å². The molecule has 0 aliphatic heterocycles. The Hall–Kier alpha value is -0.350. The van der Waals surface area contributed by atoms with E-state index in [1.54, 1.807) is 17.4 Å². The average molecular weight is 231 g/mol. The van der Waals surface area contributed by atoms with E-state index in [4.69, 9.17) is 11.6 Å². The molecule has 0 spiro atoms. The summed E-state index contributed by atoms with van der Waals surface area (Å²) in [5.41, 5.74) is 0. The Balaban J connectivity index is 2.28. The molecular formula is C9H7ClOS2. The predicted octanol–water partition coefficient (Wildman–Crippen LogP) is 3.54.